The Morgan fingerprint density at radius 1 is 1.09 bits per heavy atom. The molecule has 0 aliphatic heterocycles. The van der Waals surface area contributed by atoms with E-state index in [9.17, 15) is 24.3 Å². The highest BCUT2D eigenvalue weighted by molar-refractivity contribution is 7.80. The molecule has 0 saturated heterocycles. The zero-order valence-corrected chi connectivity index (χ0v) is 19.5. The number of aromatic nitrogens is 1. The van der Waals surface area contributed by atoms with E-state index in [4.69, 9.17) is 5.73 Å². The maximum Gasteiger partial charge on any atom is 0.326 e. The number of nitrogens with two attached hydrogens (primary N) is 1. The van der Waals surface area contributed by atoms with Crippen LogP contribution in [0.4, 0.5) is 0 Å². The van der Waals surface area contributed by atoms with Crippen molar-refractivity contribution in [1.29, 1.82) is 0 Å². The summed E-state index contributed by atoms with van der Waals surface area (Å²) in [5.41, 5.74) is 7.09. The molecule has 0 fully saturated rings. The molecule has 0 aliphatic carbocycles. The molecule has 4 unspecified atom stereocenters. The van der Waals surface area contributed by atoms with Gasteiger partial charge in [0.15, 0.2) is 0 Å². The number of H-pyrrole nitrogens is 1. The van der Waals surface area contributed by atoms with Crippen LogP contribution >= 0.6 is 12.6 Å². The topological polar surface area (TPSA) is 166 Å². The molecule has 0 radical (unpaired) electrons. The van der Waals surface area contributed by atoms with Crippen LogP contribution in [0.5, 0.6) is 0 Å². The van der Waals surface area contributed by atoms with Crippen molar-refractivity contribution in [3.05, 3.63) is 36.0 Å². The fourth-order valence-corrected chi connectivity index (χ4v) is 3.64. The number of rotatable bonds is 12. The van der Waals surface area contributed by atoms with Crippen molar-refractivity contribution in [3.8, 4) is 0 Å². The summed E-state index contributed by atoms with van der Waals surface area (Å²) in [7, 11) is 0. The number of amides is 3. The number of hydrogen-bond donors (Lipinski definition) is 7. The molecular weight excluding hydrogens is 446 g/mol. The molecule has 11 heteroatoms. The molecule has 2 rings (SSSR count). The third-order valence-corrected chi connectivity index (χ3v) is 5.89. The second-order valence-electron chi connectivity index (χ2n) is 7.84. The van der Waals surface area contributed by atoms with E-state index in [2.05, 4.69) is 33.6 Å². The van der Waals surface area contributed by atoms with Crippen LogP contribution in [-0.4, -0.2) is 64.2 Å². The fourth-order valence-electron chi connectivity index (χ4n) is 3.39. The predicted octanol–water partition coefficient (Wildman–Crippen LogP) is 0.184. The molecule has 1 heterocycles. The number of hydrogen-bond acceptors (Lipinski definition) is 6. The minimum absolute atomic E-state index is 0.0605. The maximum absolute atomic E-state index is 13.0. The number of carboxylic acids is 1. The Kier molecular flexibility index (Phi) is 9.74. The SMILES string of the molecule is CCC(C)C(NC(=O)C(CS)NC(=O)C(Cc1c[nH]c2ccccc12)NC(=O)CN)C(=O)O. The summed E-state index contributed by atoms with van der Waals surface area (Å²) in [4.78, 5) is 52.3. The minimum atomic E-state index is -1.16. The van der Waals surface area contributed by atoms with Gasteiger partial charge in [0, 0.05) is 29.3 Å². The van der Waals surface area contributed by atoms with Crippen molar-refractivity contribution in [1.82, 2.24) is 20.9 Å². The molecule has 0 saturated carbocycles. The van der Waals surface area contributed by atoms with Crippen LogP contribution in [0.1, 0.15) is 25.8 Å². The van der Waals surface area contributed by atoms with Gasteiger partial charge in [0.05, 0.1) is 6.54 Å². The van der Waals surface area contributed by atoms with Gasteiger partial charge in [-0.15, -0.1) is 0 Å². The Hall–Kier alpha value is -3.05. The summed E-state index contributed by atoms with van der Waals surface area (Å²) in [6, 6.07) is 4.34. The average Bonchev–Trinajstić information content (AvgIpc) is 3.22. The molecule has 3 amide bonds. The van der Waals surface area contributed by atoms with Gasteiger partial charge in [0.2, 0.25) is 17.7 Å². The maximum atomic E-state index is 13.0. The van der Waals surface area contributed by atoms with Gasteiger partial charge in [-0.05, 0) is 17.5 Å². The van der Waals surface area contributed by atoms with Gasteiger partial charge in [-0.3, -0.25) is 14.4 Å². The number of fused-ring (bicyclic) bond motifs is 1. The number of aliphatic carboxylic acids is 1. The average molecular weight is 478 g/mol. The Balaban J connectivity index is 2.17. The Labute approximate surface area is 197 Å². The van der Waals surface area contributed by atoms with Crippen LogP contribution in [0.15, 0.2) is 30.5 Å². The Morgan fingerprint density at radius 3 is 2.36 bits per heavy atom. The van der Waals surface area contributed by atoms with Crippen molar-refractivity contribution in [3.63, 3.8) is 0 Å². The number of carboxylic acid groups (broad SMARTS) is 1. The van der Waals surface area contributed by atoms with Gasteiger partial charge >= 0.3 is 5.97 Å². The first kappa shape index (κ1) is 26.2. The van der Waals surface area contributed by atoms with E-state index in [1.807, 2.05) is 31.2 Å². The minimum Gasteiger partial charge on any atom is -0.480 e. The van der Waals surface area contributed by atoms with Gasteiger partial charge in [-0.1, -0.05) is 38.5 Å². The lowest BCUT2D eigenvalue weighted by atomic mass is 9.99. The molecule has 0 spiro atoms. The molecule has 0 bridgehead atoms. The van der Waals surface area contributed by atoms with Crippen molar-refractivity contribution in [2.75, 3.05) is 12.3 Å². The number of carbonyl (C=O) groups excluding carboxylic acids is 3. The third kappa shape index (κ3) is 6.96. The van der Waals surface area contributed by atoms with Crippen LogP contribution in [0.3, 0.4) is 0 Å². The number of aromatic amines is 1. The van der Waals surface area contributed by atoms with Gasteiger partial charge in [-0.25, -0.2) is 4.79 Å². The molecule has 180 valence electrons. The first-order chi connectivity index (χ1) is 15.7. The fraction of sp³-hybridized carbons (Fsp3) is 0.455. The van der Waals surface area contributed by atoms with Gasteiger partial charge in [-0.2, -0.15) is 12.6 Å². The molecule has 7 N–H and O–H groups in total. The molecular formula is C22H31N5O5S. The summed E-state index contributed by atoms with van der Waals surface area (Å²) in [6.45, 7) is 3.23. The number of para-hydroxylation sites is 1. The van der Waals surface area contributed by atoms with Gasteiger partial charge in [0.1, 0.15) is 18.1 Å². The first-order valence-electron chi connectivity index (χ1n) is 10.7. The normalized spacial score (nSPS) is 14.7. The van der Waals surface area contributed by atoms with Crippen LogP contribution in [0.25, 0.3) is 10.9 Å². The molecule has 1 aromatic carbocycles. The van der Waals surface area contributed by atoms with Crippen molar-refractivity contribution < 1.29 is 24.3 Å². The van der Waals surface area contributed by atoms with Gasteiger partial charge < -0.3 is 31.8 Å². The zero-order valence-electron chi connectivity index (χ0n) is 18.6. The zero-order chi connectivity index (χ0) is 24.5. The van der Waals surface area contributed by atoms with Gasteiger partial charge in [0.25, 0.3) is 0 Å². The summed E-state index contributed by atoms with van der Waals surface area (Å²) < 4.78 is 0. The second-order valence-corrected chi connectivity index (χ2v) is 8.21. The number of benzene rings is 1. The van der Waals surface area contributed by atoms with E-state index < -0.39 is 41.8 Å². The molecule has 0 aliphatic rings. The van der Waals surface area contributed by atoms with E-state index in [1.165, 1.54) is 0 Å². The molecule has 2 aromatic rings. The Bertz CT molecular complexity index is 994. The monoisotopic (exact) mass is 477 g/mol. The second kappa shape index (κ2) is 12.3. The quantitative estimate of drug-likeness (QED) is 0.215. The highest BCUT2D eigenvalue weighted by Crippen LogP contribution is 2.19. The van der Waals surface area contributed by atoms with Crippen LogP contribution in [0, 0.1) is 5.92 Å². The highest BCUT2D eigenvalue weighted by Gasteiger charge is 2.31. The van der Waals surface area contributed by atoms with E-state index in [0.29, 0.717) is 6.42 Å². The Morgan fingerprint density at radius 2 is 1.76 bits per heavy atom. The lowest BCUT2D eigenvalue weighted by Gasteiger charge is -2.25. The summed E-state index contributed by atoms with van der Waals surface area (Å²) >= 11 is 4.14. The number of thiol groups is 1. The smallest absolute Gasteiger partial charge is 0.326 e. The predicted molar refractivity (Wildman–Crippen MR) is 128 cm³/mol. The third-order valence-electron chi connectivity index (χ3n) is 5.53. The first-order valence-corrected chi connectivity index (χ1v) is 11.3. The molecule has 1 aromatic heterocycles. The lowest BCUT2D eigenvalue weighted by Crippen LogP contribution is -2.58. The highest BCUT2D eigenvalue weighted by atomic mass is 32.1. The van der Waals surface area contributed by atoms with Crippen LogP contribution in [0.2, 0.25) is 0 Å². The molecule has 33 heavy (non-hydrogen) atoms. The summed E-state index contributed by atoms with van der Waals surface area (Å²) in [6.07, 6.45) is 2.46. The molecule has 4 atom stereocenters. The lowest BCUT2D eigenvalue weighted by molar-refractivity contribution is -0.143. The van der Waals surface area contributed by atoms with Crippen LogP contribution < -0.4 is 21.7 Å². The van der Waals surface area contributed by atoms with Crippen molar-refractivity contribution in [2.45, 2.75) is 44.8 Å². The molecule has 10 nitrogen and oxygen atoms in total. The van der Waals surface area contributed by atoms with E-state index in [1.54, 1.807) is 13.1 Å². The number of carbonyl (C=O) groups is 4. The van der Waals surface area contributed by atoms with Crippen LogP contribution in [-0.2, 0) is 25.6 Å². The van der Waals surface area contributed by atoms with E-state index in [-0.39, 0.29) is 24.6 Å². The van der Waals surface area contributed by atoms with Crippen molar-refractivity contribution >= 4 is 47.2 Å². The number of nitrogens with one attached hydrogen (secondary N) is 4. The van der Waals surface area contributed by atoms with Crippen molar-refractivity contribution in [2.24, 2.45) is 11.7 Å². The standard InChI is InChI=1S/C22H31N5O5S/c1-3-12(2)19(22(31)32)27-21(30)17(11-33)26-20(29)16(25-18(28)9-23)8-13-10-24-15-7-5-4-6-14(13)15/h4-7,10,12,16-17,19,24,33H,3,8-9,11,23H2,1-2H3,(H,25,28)(H,26,29)(H,27,30)(H,31,32). The largest absolute Gasteiger partial charge is 0.480 e. The van der Waals surface area contributed by atoms with E-state index in [0.717, 1.165) is 16.5 Å². The van der Waals surface area contributed by atoms with E-state index >= 15 is 0 Å². The summed E-state index contributed by atoms with van der Waals surface area (Å²) in [5.74, 6) is -3.32. The summed E-state index contributed by atoms with van der Waals surface area (Å²) in [5, 5.41) is 17.9.